The van der Waals surface area contributed by atoms with Crippen molar-refractivity contribution < 1.29 is 4.79 Å². The van der Waals surface area contributed by atoms with E-state index in [0.29, 0.717) is 6.42 Å². The van der Waals surface area contributed by atoms with Crippen molar-refractivity contribution >= 4 is 5.78 Å². The first-order chi connectivity index (χ1) is 9.06. The third kappa shape index (κ3) is 3.90. The second kappa shape index (κ2) is 6.33. The fourth-order valence-electron chi connectivity index (χ4n) is 3.01. The number of hydrogen-bond donors (Lipinski definition) is 0. The van der Waals surface area contributed by atoms with Crippen LogP contribution in [0.15, 0.2) is 18.2 Å². The van der Waals surface area contributed by atoms with Gasteiger partial charge in [0.2, 0.25) is 0 Å². The van der Waals surface area contributed by atoms with Gasteiger partial charge in [-0.3, -0.25) is 4.79 Å². The monoisotopic (exact) mass is 259 g/mol. The zero-order valence-electron chi connectivity index (χ0n) is 12.4. The van der Waals surface area contributed by atoms with Gasteiger partial charge in [0, 0.05) is 25.1 Å². The standard InChI is InChI=1S/C17H25NO/c1-13-6-7-16(15(3)11-13)17(19)8-10-18-9-4-5-14(2)12-18/h6-7,11,14H,4-5,8-10,12H2,1-3H3. The Hall–Kier alpha value is -1.15. The summed E-state index contributed by atoms with van der Waals surface area (Å²) in [6.45, 7) is 9.62. The normalized spacial score (nSPS) is 20.5. The fraction of sp³-hybridized carbons (Fsp3) is 0.588. The van der Waals surface area contributed by atoms with E-state index >= 15 is 0 Å². The van der Waals surface area contributed by atoms with Crippen molar-refractivity contribution in [3.8, 4) is 0 Å². The molecule has 1 saturated heterocycles. The van der Waals surface area contributed by atoms with Gasteiger partial charge < -0.3 is 4.90 Å². The van der Waals surface area contributed by atoms with Gasteiger partial charge in [-0.15, -0.1) is 0 Å². The molecule has 2 nitrogen and oxygen atoms in total. The first-order valence-electron chi connectivity index (χ1n) is 7.39. The fourth-order valence-corrected chi connectivity index (χ4v) is 3.01. The highest BCUT2D eigenvalue weighted by atomic mass is 16.1. The minimum atomic E-state index is 0.288. The highest BCUT2D eigenvalue weighted by molar-refractivity contribution is 5.97. The molecule has 0 aromatic heterocycles. The van der Waals surface area contributed by atoms with Crippen LogP contribution < -0.4 is 0 Å². The van der Waals surface area contributed by atoms with E-state index in [0.717, 1.165) is 36.7 Å². The predicted octanol–water partition coefficient (Wildman–Crippen LogP) is 3.61. The van der Waals surface area contributed by atoms with Gasteiger partial charge in [-0.1, -0.05) is 30.7 Å². The summed E-state index contributed by atoms with van der Waals surface area (Å²) in [6.07, 6.45) is 3.26. The molecule has 1 unspecified atom stereocenters. The Balaban J connectivity index is 1.90. The van der Waals surface area contributed by atoms with Gasteiger partial charge in [-0.25, -0.2) is 0 Å². The lowest BCUT2D eigenvalue weighted by molar-refractivity contribution is 0.0948. The van der Waals surface area contributed by atoms with Gasteiger partial charge >= 0.3 is 0 Å². The molecule has 19 heavy (non-hydrogen) atoms. The quantitative estimate of drug-likeness (QED) is 0.770. The molecule has 1 aliphatic heterocycles. The van der Waals surface area contributed by atoms with Crippen LogP contribution in [0.25, 0.3) is 0 Å². The van der Waals surface area contributed by atoms with E-state index < -0.39 is 0 Å². The molecule has 1 aliphatic rings. The molecule has 0 spiro atoms. The molecule has 104 valence electrons. The van der Waals surface area contributed by atoms with Crippen molar-refractivity contribution in [1.82, 2.24) is 4.90 Å². The number of aryl methyl sites for hydroxylation is 2. The van der Waals surface area contributed by atoms with Gasteiger partial charge in [0.1, 0.15) is 0 Å². The minimum Gasteiger partial charge on any atom is -0.303 e. The molecule has 1 fully saturated rings. The van der Waals surface area contributed by atoms with E-state index in [9.17, 15) is 4.79 Å². The second-order valence-electron chi connectivity index (χ2n) is 6.04. The third-order valence-corrected chi connectivity index (χ3v) is 4.08. The number of ketones is 1. The van der Waals surface area contributed by atoms with E-state index in [1.807, 2.05) is 19.1 Å². The summed E-state index contributed by atoms with van der Waals surface area (Å²) in [5, 5.41) is 0. The molecule has 0 saturated carbocycles. The number of rotatable bonds is 4. The van der Waals surface area contributed by atoms with Crippen LogP contribution in [0.2, 0.25) is 0 Å². The Morgan fingerprint density at radius 2 is 2.16 bits per heavy atom. The van der Waals surface area contributed by atoms with Crippen LogP contribution in [-0.2, 0) is 0 Å². The molecular formula is C17H25NO. The van der Waals surface area contributed by atoms with Crippen LogP contribution in [0, 0.1) is 19.8 Å². The number of hydrogen-bond acceptors (Lipinski definition) is 2. The average molecular weight is 259 g/mol. The van der Waals surface area contributed by atoms with Crippen LogP contribution in [0.3, 0.4) is 0 Å². The van der Waals surface area contributed by atoms with Crippen molar-refractivity contribution in [2.75, 3.05) is 19.6 Å². The number of piperidine rings is 1. The smallest absolute Gasteiger partial charge is 0.164 e. The molecule has 1 aromatic carbocycles. The van der Waals surface area contributed by atoms with Crippen molar-refractivity contribution in [2.45, 2.75) is 40.0 Å². The molecular weight excluding hydrogens is 234 g/mol. The summed E-state index contributed by atoms with van der Waals surface area (Å²) in [6, 6.07) is 6.10. The number of nitrogens with zero attached hydrogens (tertiary/aromatic N) is 1. The summed E-state index contributed by atoms with van der Waals surface area (Å²) in [4.78, 5) is 14.7. The molecule has 1 aromatic rings. The molecule has 2 heteroatoms. The van der Waals surface area contributed by atoms with Crippen LogP contribution in [0.5, 0.6) is 0 Å². The van der Waals surface area contributed by atoms with Crippen molar-refractivity contribution in [1.29, 1.82) is 0 Å². The van der Waals surface area contributed by atoms with Gasteiger partial charge in [0.15, 0.2) is 5.78 Å². The lowest BCUT2D eigenvalue weighted by Crippen LogP contribution is -2.35. The number of carbonyl (C=O) groups excluding carboxylic acids is 1. The molecule has 0 radical (unpaired) electrons. The Labute approximate surface area is 116 Å². The SMILES string of the molecule is Cc1ccc(C(=O)CCN2CCCC(C)C2)c(C)c1. The highest BCUT2D eigenvalue weighted by Gasteiger charge is 2.17. The summed E-state index contributed by atoms with van der Waals surface area (Å²) in [5.74, 6) is 1.07. The van der Waals surface area contributed by atoms with Crippen molar-refractivity contribution in [2.24, 2.45) is 5.92 Å². The Bertz CT molecular complexity index is 453. The Morgan fingerprint density at radius 1 is 1.37 bits per heavy atom. The Morgan fingerprint density at radius 3 is 2.84 bits per heavy atom. The molecule has 1 heterocycles. The average Bonchev–Trinajstić information content (AvgIpc) is 2.36. The number of Topliss-reactive ketones (excluding diaryl/α,β-unsaturated/α-hetero) is 1. The molecule has 0 aliphatic carbocycles. The first-order valence-corrected chi connectivity index (χ1v) is 7.39. The van der Waals surface area contributed by atoms with Crippen molar-refractivity contribution in [3.05, 3.63) is 34.9 Å². The lowest BCUT2D eigenvalue weighted by Gasteiger charge is -2.30. The molecule has 2 rings (SSSR count). The maximum Gasteiger partial charge on any atom is 0.164 e. The largest absolute Gasteiger partial charge is 0.303 e. The number of likely N-dealkylation sites (tertiary alicyclic amines) is 1. The van der Waals surface area contributed by atoms with Crippen molar-refractivity contribution in [3.63, 3.8) is 0 Å². The maximum absolute atomic E-state index is 12.3. The minimum absolute atomic E-state index is 0.288. The number of benzene rings is 1. The van der Waals surface area contributed by atoms with Gasteiger partial charge in [0.25, 0.3) is 0 Å². The topological polar surface area (TPSA) is 20.3 Å². The first kappa shape index (κ1) is 14.3. The lowest BCUT2D eigenvalue weighted by atomic mass is 9.98. The zero-order chi connectivity index (χ0) is 13.8. The third-order valence-electron chi connectivity index (χ3n) is 4.08. The van der Waals surface area contributed by atoms with E-state index in [-0.39, 0.29) is 5.78 Å². The van der Waals surface area contributed by atoms with E-state index in [2.05, 4.69) is 24.8 Å². The van der Waals surface area contributed by atoms with Gasteiger partial charge in [-0.2, -0.15) is 0 Å². The highest BCUT2D eigenvalue weighted by Crippen LogP contribution is 2.17. The second-order valence-corrected chi connectivity index (χ2v) is 6.04. The summed E-state index contributed by atoms with van der Waals surface area (Å²) in [7, 11) is 0. The molecule has 0 bridgehead atoms. The number of carbonyl (C=O) groups is 1. The van der Waals surface area contributed by atoms with E-state index in [4.69, 9.17) is 0 Å². The predicted molar refractivity (Wildman–Crippen MR) is 79.7 cm³/mol. The maximum atomic E-state index is 12.3. The van der Waals surface area contributed by atoms with Crippen LogP contribution >= 0.6 is 0 Å². The van der Waals surface area contributed by atoms with Gasteiger partial charge in [-0.05, 0) is 44.7 Å². The van der Waals surface area contributed by atoms with Crippen LogP contribution in [0.4, 0.5) is 0 Å². The summed E-state index contributed by atoms with van der Waals surface area (Å²) < 4.78 is 0. The molecule has 0 amide bonds. The molecule has 1 atom stereocenters. The zero-order valence-corrected chi connectivity index (χ0v) is 12.4. The summed E-state index contributed by atoms with van der Waals surface area (Å²) >= 11 is 0. The van der Waals surface area contributed by atoms with E-state index in [1.54, 1.807) is 0 Å². The van der Waals surface area contributed by atoms with E-state index in [1.165, 1.54) is 18.4 Å². The van der Waals surface area contributed by atoms with Crippen LogP contribution in [0.1, 0.15) is 47.7 Å². The van der Waals surface area contributed by atoms with Crippen LogP contribution in [-0.4, -0.2) is 30.3 Å². The Kier molecular flexibility index (Phi) is 4.76. The molecule has 0 N–H and O–H groups in total. The summed E-state index contributed by atoms with van der Waals surface area (Å²) in [5.41, 5.74) is 3.23. The van der Waals surface area contributed by atoms with Gasteiger partial charge in [0.05, 0.1) is 0 Å².